The fraction of sp³-hybridized carbons (Fsp3) is 0.176. The van der Waals surface area contributed by atoms with E-state index in [4.69, 9.17) is 21.6 Å². The van der Waals surface area contributed by atoms with Crippen LogP contribution in [0.3, 0.4) is 0 Å². The van der Waals surface area contributed by atoms with Crippen molar-refractivity contribution in [3.05, 3.63) is 46.5 Å². The van der Waals surface area contributed by atoms with Gasteiger partial charge in [0, 0.05) is 23.9 Å². The number of hydrogen-bond donors (Lipinski definition) is 4. The van der Waals surface area contributed by atoms with E-state index in [-0.39, 0.29) is 22.3 Å². The number of fused-ring (bicyclic) bond motifs is 1. The van der Waals surface area contributed by atoms with Gasteiger partial charge in [0.1, 0.15) is 5.69 Å². The molecular formula is C17H16F3N5O2S. The third kappa shape index (κ3) is 3.66. The molecular weight excluding hydrogens is 395 g/mol. The molecule has 3 aromatic rings. The van der Waals surface area contributed by atoms with Crippen LogP contribution >= 0.6 is 11.3 Å². The Labute approximate surface area is 161 Å². The highest BCUT2D eigenvalue weighted by atomic mass is 32.1. The van der Waals surface area contributed by atoms with Crippen LogP contribution in [0.2, 0.25) is 0 Å². The minimum absolute atomic E-state index is 0.0119. The summed E-state index contributed by atoms with van der Waals surface area (Å²) in [7, 11) is 1.25. The Balaban J connectivity index is 2.12. The van der Waals surface area contributed by atoms with Crippen LogP contribution in [-0.2, 0) is 12.7 Å². The Morgan fingerprint density at radius 2 is 2.04 bits per heavy atom. The zero-order chi connectivity index (χ0) is 20.6. The lowest BCUT2D eigenvalue weighted by Crippen LogP contribution is -2.38. The summed E-state index contributed by atoms with van der Waals surface area (Å²) in [5.41, 5.74) is 9.78. The van der Waals surface area contributed by atoms with E-state index in [0.29, 0.717) is 11.6 Å². The maximum absolute atomic E-state index is 13.4. The maximum Gasteiger partial charge on any atom is 0.417 e. The number of ether oxygens (including phenoxy) is 1. The summed E-state index contributed by atoms with van der Waals surface area (Å²) >= 11 is 1.26. The number of carbonyl (C=O) groups is 1. The molecule has 28 heavy (non-hydrogen) atoms. The van der Waals surface area contributed by atoms with Gasteiger partial charge in [-0.25, -0.2) is 0 Å². The number of thiophene rings is 1. The molecule has 6 N–H and O–H groups in total. The molecule has 0 spiro atoms. The molecule has 0 saturated heterocycles. The van der Waals surface area contributed by atoms with E-state index in [1.807, 2.05) is 0 Å². The fourth-order valence-corrected chi connectivity index (χ4v) is 3.31. The van der Waals surface area contributed by atoms with E-state index in [0.717, 1.165) is 21.9 Å². The first kappa shape index (κ1) is 19.7. The highest BCUT2D eigenvalue weighted by molar-refractivity contribution is 7.13. The van der Waals surface area contributed by atoms with Crippen molar-refractivity contribution in [1.82, 2.24) is 9.88 Å². The lowest BCUT2D eigenvalue weighted by molar-refractivity contribution is -0.136. The van der Waals surface area contributed by atoms with Gasteiger partial charge in [-0.3, -0.25) is 15.1 Å². The minimum Gasteiger partial charge on any atom is -0.444 e. The van der Waals surface area contributed by atoms with Gasteiger partial charge in [-0.05, 0) is 30.3 Å². The van der Waals surface area contributed by atoms with Crippen LogP contribution in [0.15, 0.2) is 30.3 Å². The number of halogens is 3. The SMILES string of the molecule is CN(C(=N)N)C(=O)c1cc2c(C(F)(F)F)ccc(Oc3ccc(CN)s3)c2[nH]1. The van der Waals surface area contributed by atoms with Crippen LogP contribution in [-0.4, -0.2) is 28.8 Å². The summed E-state index contributed by atoms with van der Waals surface area (Å²) in [5, 5.41) is 7.55. The molecule has 0 unspecified atom stereocenters. The Bertz CT molecular complexity index is 1060. The van der Waals surface area contributed by atoms with E-state index in [1.165, 1.54) is 24.5 Å². The fourth-order valence-electron chi connectivity index (χ4n) is 2.56. The van der Waals surface area contributed by atoms with Gasteiger partial charge in [-0.15, -0.1) is 11.3 Å². The second-order valence-corrected chi connectivity index (χ2v) is 6.99. The molecule has 2 heterocycles. The highest BCUT2D eigenvalue weighted by Gasteiger charge is 2.34. The highest BCUT2D eigenvalue weighted by Crippen LogP contribution is 2.40. The van der Waals surface area contributed by atoms with Crippen LogP contribution in [0.5, 0.6) is 10.8 Å². The number of carbonyl (C=O) groups excluding carboxylic acids is 1. The number of aromatic nitrogens is 1. The zero-order valence-corrected chi connectivity index (χ0v) is 15.4. The molecule has 2 aromatic heterocycles. The van der Waals surface area contributed by atoms with Crippen molar-refractivity contribution in [2.75, 3.05) is 7.05 Å². The molecule has 0 radical (unpaired) electrons. The number of nitrogens with two attached hydrogens (primary N) is 2. The molecule has 3 rings (SSSR count). The van der Waals surface area contributed by atoms with Gasteiger partial charge < -0.3 is 21.2 Å². The topological polar surface area (TPSA) is 121 Å². The summed E-state index contributed by atoms with van der Waals surface area (Å²) < 4.78 is 45.9. The Hall–Kier alpha value is -3.05. The summed E-state index contributed by atoms with van der Waals surface area (Å²) in [6.07, 6.45) is -4.62. The molecule has 7 nitrogen and oxygen atoms in total. The number of benzene rings is 1. The van der Waals surface area contributed by atoms with Gasteiger partial charge in [0.05, 0.1) is 11.1 Å². The van der Waals surface area contributed by atoms with Crippen LogP contribution in [0.1, 0.15) is 20.9 Å². The van der Waals surface area contributed by atoms with Gasteiger partial charge in [0.2, 0.25) is 0 Å². The Kier molecular flexibility index (Phi) is 5.04. The molecule has 0 fully saturated rings. The van der Waals surface area contributed by atoms with E-state index in [9.17, 15) is 18.0 Å². The van der Waals surface area contributed by atoms with Gasteiger partial charge in [0.15, 0.2) is 16.8 Å². The number of nitrogens with one attached hydrogen (secondary N) is 2. The molecule has 0 bridgehead atoms. The standard InChI is InChI=1S/C17H16F3N5O2S/c1-25(16(22)23)15(26)11-6-9-10(17(18,19)20)3-4-12(14(9)24-11)27-13-5-2-8(7-21)28-13/h2-6,24H,7,21H2,1H3,(H3,22,23). The number of aromatic amines is 1. The number of rotatable bonds is 4. The Morgan fingerprint density at radius 1 is 1.32 bits per heavy atom. The number of amides is 1. The van der Waals surface area contributed by atoms with Gasteiger partial charge in [-0.1, -0.05) is 0 Å². The first-order valence-corrected chi connectivity index (χ1v) is 8.75. The van der Waals surface area contributed by atoms with E-state index in [2.05, 4.69) is 4.98 Å². The van der Waals surface area contributed by atoms with Crippen LogP contribution in [0.4, 0.5) is 13.2 Å². The Morgan fingerprint density at radius 3 is 2.61 bits per heavy atom. The number of hydrogen-bond acceptors (Lipinski definition) is 5. The smallest absolute Gasteiger partial charge is 0.417 e. The second kappa shape index (κ2) is 7.17. The van der Waals surface area contributed by atoms with Crippen molar-refractivity contribution < 1.29 is 22.7 Å². The van der Waals surface area contributed by atoms with Crippen molar-refractivity contribution in [2.45, 2.75) is 12.7 Å². The van der Waals surface area contributed by atoms with Crippen LogP contribution < -0.4 is 16.2 Å². The third-order valence-corrected chi connectivity index (χ3v) is 4.99. The first-order valence-electron chi connectivity index (χ1n) is 7.93. The van der Waals surface area contributed by atoms with Crippen molar-refractivity contribution in [2.24, 2.45) is 11.5 Å². The summed E-state index contributed by atoms with van der Waals surface area (Å²) in [4.78, 5) is 16.7. The first-order chi connectivity index (χ1) is 13.1. The predicted octanol–water partition coefficient (Wildman–Crippen LogP) is 3.46. The molecule has 0 aliphatic heterocycles. The zero-order valence-electron chi connectivity index (χ0n) is 14.6. The lowest BCUT2D eigenvalue weighted by atomic mass is 10.1. The maximum atomic E-state index is 13.4. The average molecular weight is 411 g/mol. The molecule has 0 aliphatic carbocycles. The van der Waals surface area contributed by atoms with Crippen molar-refractivity contribution >= 4 is 34.1 Å². The second-order valence-electron chi connectivity index (χ2n) is 5.86. The molecule has 0 saturated carbocycles. The average Bonchev–Trinajstić information content (AvgIpc) is 3.26. The summed E-state index contributed by atoms with van der Waals surface area (Å²) in [6.45, 7) is 0.314. The largest absolute Gasteiger partial charge is 0.444 e. The monoisotopic (exact) mass is 411 g/mol. The normalized spacial score (nSPS) is 11.6. The van der Waals surface area contributed by atoms with Gasteiger partial charge in [0.25, 0.3) is 5.91 Å². The molecule has 0 aliphatic rings. The number of guanidine groups is 1. The predicted molar refractivity (Wildman–Crippen MR) is 99.6 cm³/mol. The quantitative estimate of drug-likeness (QED) is 0.388. The number of alkyl halides is 3. The van der Waals surface area contributed by atoms with Crippen LogP contribution in [0.25, 0.3) is 10.9 Å². The number of H-pyrrole nitrogens is 1. The summed E-state index contributed by atoms with van der Waals surface area (Å²) in [5.74, 6) is -1.16. The van der Waals surface area contributed by atoms with Gasteiger partial charge in [-0.2, -0.15) is 13.2 Å². The van der Waals surface area contributed by atoms with Gasteiger partial charge >= 0.3 is 6.18 Å². The number of nitrogens with zero attached hydrogens (tertiary/aromatic N) is 1. The molecule has 148 valence electrons. The molecule has 1 amide bonds. The third-order valence-electron chi connectivity index (χ3n) is 4.01. The van der Waals surface area contributed by atoms with Crippen LogP contribution in [0, 0.1) is 5.41 Å². The van der Waals surface area contributed by atoms with Crippen molar-refractivity contribution in [3.63, 3.8) is 0 Å². The minimum atomic E-state index is -4.62. The van der Waals surface area contributed by atoms with E-state index < -0.39 is 23.6 Å². The molecule has 0 atom stereocenters. The van der Waals surface area contributed by atoms with Crippen molar-refractivity contribution in [3.8, 4) is 10.8 Å². The molecule has 11 heteroatoms. The lowest BCUT2D eigenvalue weighted by Gasteiger charge is -2.12. The van der Waals surface area contributed by atoms with Crippen molar-refractivity contribution in [1.29, 1.82) is 5.41 Å². The van der Waals surface area contributed by atoms with E-state index in [1.54, 1.807) is 12.1 Å². The summed E-state index contributed by atoms with van der Waals surface area (Å²) in [6, 6.07) is 6.58. The molecule has 1 aromatic carbocycles. The van der Waals surface area contributed by atoms with E-state index >= 15 is 0 Å².